The van der Waals surface area contributed by atoms with Crippen LogP contribution in [0.4, 0.5) is 4.39 Å². The summed E-state index contributed by atoms with van der Waals surface area (Å²) >= 11 is 0. The Morgan fingerprint density at radius 3 is 2.33 bits per heavy atom. The van der Waals surface area contributed by atoms with Crippen molar-refractivity contribution < 1.29 is 14.2 Å². The molecule has 2 aromatic carbocycles. The molecule has 0 spiro atoms. The SMILES string of the molecule is CCc1ccc(Oc2cc(F)cc(CO)c2)cc1. The van der Waals surface area contributed by atoms with Crippen LogP contribution in [0.2, 0.25) is 0 Å². The van der Waals surface area contributed by atoms with Gasteiger partial charge in [-0.3, -0.25) is 0 Å². The van der Waals surface area contributed by atoms with Gasteiger partial charge in [-0.2, -0.15) is 0 Å². The molecule has 0 amide bonds. The average molecular weight is 246 g/mol. The Morgan fingerprint density at radius 2 is 1.72 bits per heavy atom. The van der Waals surface area contributed by atoms with Crippen LogP contribution in [0.15, 0.2) is 42.5 Å². The Hall–Kier alpha value is -1.87. The van der Waals surface area contributed by atoms with Crippen LogP contribution in [0.3, 0.4) is 0 Å². The van der Waals surface area contributed by atoms with Gasteiger partial charge in [0.15, 0.2) is 0 Å². The number of aliphatic hydroxyl groups is 1. The van der Waals surface area contributed by atoms with Crippen molar-refractivity contribution in [1.29, 1.82) is 0 Å². The predicted molar refractivity (Wildman–Crippen MR) is 68.2 cm³/mol. The number of hydrogen-bond donors (Lipinski definition) is 1. The molecule has 0 saturated heterocycles. The minimum atomic E-state index is -0.415. The zero-order chi connectivity index (χ0) is 13.0. The first-order chi connectivity index (χ1) is 8.71. The molecule has 0 aromatic heterocycles. The number of halogens is 1. The molecule has 0 bridgehead atoms. The van der Waals surface area contributed by atoms with Gasteiger partial charge in [0, 0.05) is 6.07 Å². The van der Waals surface area contributed by atoms with Crippen molar-refractivity contribution in [2.45, 2.75) is 20.0 Å². The summed E-state index contributed by atoms with van der Waals surface area (Å²) < 4.78 is 18.8. The van der Waals surface area contributed by atoms with Gasteiger partial charge >= 0.3 is 0 Å². The fourth-order valence-corrected chi connectivity index (χ4v) is 1.70. The monoisotopic (exact) mass is 246 g/mol. The molecular weight excluding hydrogens is 231 g/mol. The van der Waals surface area contributed by atoms with E-state index in [0.717, 1.165) is 6.42 Å². The van der Waals surface area contributed by atoms with Gasteiger partial charge in [-0.1, -0.05) is 19.1 Å². The molecule has 0 aliphatic carbocycles. The molecule has 0 atom stereocenters. The largest absolute Gasteiger partial charge is 0.457 e. The van der Waals surface area contributed by atoms with Crippen LogP contribution >= 0.6 is 0 Å². The van der Waals surface area contributed by atoms with E-state index >= 15 is 0 Å². The predicted octanol–water partition coefficient (Wildman–Crippen LogP) is 3.67. The first-order valence-corrected chi connectivity index (χ1v) is 5.88. The molecule has 2 nitrogen and oxygen atoms in total. The van der Waals surface area contributed by atoms with Crippen LogP contribution in [-0.2, 0) is 13.0 Å². The third-order valence-electron chi connectivity index (χ3n) is 2.68. The van der Waals surface area contributed by atoms with Crippen LogP contribution in [0, 0.1) is 5.82 Å². The number of ether oxygens (including phenoxy) is 1. The minimum absolute atomic E-state index is 0.205. The van der Waals surface area contributed by atoms with E-state index in [0.29, 0.717) is 17.1 Å². The van der Waals surface area contributed by atoms with E-state index < -0.39 is 5.82 Å². The molecule has 18 heavy (non-hydrogen) atoms. The second-order valence-corrected chi connectivity index (χ2v) is 4.05. The highest BCUT2D eigenvalue weighted by Crippen LogP contribution is 2.24. The number of aliphatic hydroxyl groups excluding tert-OH is 1. The first-order valence-electron chi connectivity index (χ1n) is 5.88. The van der Waals surface area contributed by atoms with E-state index in [-0.39, 0.29) is 6.61 Å². The zero-order valence-electron chi connectivity index (χ0n) is 10.2. The highest BCUT2D eigenvalue weighted by molar-refractivity contribution is 5.35. The summed E-state index contributed by atoms with van der Waals surface area (Å²) in [5.41, 5.74) is 1.72. The number of aryl methyl sites for hydroxylation is 1. The van der Waals surface area contributed by atoms with Crippen LogP contribution in [0.25, 0.3) is 0 Å². The lowest BCUT2D eigenvalue weighted by atomic mass is 10.2. The molecule has 3 heteroatoms. The standard InChI is InChI=1S/C15H15FO2/c1-2-11-3-5-14(6-4-11)18-15-8-12(10-17)7-13(16)9-15/h3-9,17H,2,10H2,1H3. The fraction of sp³-hybridized carbons (Fsp3) is 0.200. The van der Waals surface area contributed by atoms with Gasteiger partial charge in [0.2, 0.25) is 0 Å². The Labute approximate surface area is 106 Å². The highest BCUT2D eigenvalue weighted by Gasteiger charge is 2.03. The molecule has 0 aliphatic rings. The molecular formula is C15H15FO2. The third-order valence-corrected chi connectivity index (χ3v) is 2.68. The molecule has 0 fully saturated rings. The summed E-state index contributed by atoms with van der Waals surface area (Å²) in [6.07, 6.45) is 0.967. The van der Waals surface area contributed by atoms with Crippen molar-refractivity contribution in [2.75, 3.05) is 0 Å². The highest BCUT2D eigenvalue weighted by atomic mass is 19.1. The number of hydrogen-bond acceptors (Lipinski definition) is 2. The third kappa shape index (κ3) is 3.08. The molecule has 2 aromatic rings. The average Bonchev–Trinajstić information content (AvgIpc) is 2.39. The van der Waals surface area contributed by atoms with Gasteiger partial charge < -0.3 is 9.84 Å². The lowest BCUT2D eigenvalue weighted by Crippen LogP contribution is -1.90. The van der Waals surface area contributed by atoms with Crippen molar-refractivity contribution in [1.82, 2.24) is 0 Å². The normalized spacial score (nSPS) is 10.4. The van der Waals surface area contributed by atoms with Gasteiger partial charge in [0.25, 0.3) is 0 Å². The summed E-state index contributed by atoms with van der Waals surface area (Å²) in [6.45, 7) is 1.87. The maximum atomic E-state index is 13.2. The van der Waals surface area contributed by atoms with Gasteiger partial charge in [-0.25, -0.2) is 4.39 Å². The van der Waals surface area contributed by atoms with Crippen molar-refractivity contribution in [3.05, 3.63) is 59.4 Å². The summed E-state index contributed by atoms with van der Waals surface area (Å²) in [6, 6.07) is 11.9. The van der Waals surface area contributed by atoms with E-state index in [9.17, 15) is 4.39 Å². The summed E-state index contributed by atoms with van der Waals surface area (Å²) in [7, 11) is 0. The molecule has 0 saturated carbocycles. The van der Waals surface area contributed by atoms with Gasteiger partial charge in [0.1, 0.15) is 17.3 Å². The quantitative estimate of drug-likeness (QED) is 0.891. The van der Waals surface area contributed by atoms with Gasteiger partial charge in [0.05, 0.1) is 6.61 Å². The van der Waals surface area contributed by atoms with Crippen molar-refractivity contribution in [3.63, 3.8) is 0 Å². The van der Waals surface area contributed by atoms with Crippen LogP contribution in [0.1, 0.15) is 18.1 Å². The second-order valence-electron chi connectivity index (χ2n) is 4.05. The van der Waals surface area contributed by atoms with Crippen molar-refractivity contribution in [3.8, 4) is 11.5 Å². The van der Waals surface area contributed by atoms with E-state index in [1.54, 1.807) is 6.07 Å². The maximum Gasteiger partial charge on any atom is 0.130 e. The van der Waals surface area contributed by atoms with E-state index in [1.165, 1.54) is 17.7 Å². The summed E-state index contributed by atoms with van der Waals surface area (Å²) in [4.78, 5) is 0. The Balaban J connectivity index is 2.19. The number of rotatable bonds is 4. The smallest absolute Gasteiger partial charge is 0.130 e. The lowest BCUT2D eigenvalue weighted by molar-refractivity contribution is 0.280. The second kappa shape index (κ2) is 5.65. The van der Waals surface area contributed by atoms with Crippen LogP contribution < -0.4 is 4.74 Å². The molecule has 2 rings (SSSR count). The molecule has 1 N–H and O–H groups in total. The topological polar surface area (TPSA) is 29.5 Å². The lowest BCUT2D eigenvalue weighted by Gasteiger charge is -2.08. The van der Waals surface area contributed by atoms with Crippen molar-refractivity contribution in [2.24, 2.45) is 0 Å². The Morgan fingerprint density at radius 1 is 1.00 bits per heavy atom. The fourth-order valence-electron chi connectivity index (χ4n) is 1.70. The first kappa shape index (κ1) is 12.6. The van der Waals surface area contributed by atoms with Gasteiger partial charge in [-0.05, 0) is 41.8 Å². The van der Waals surface area contributed by atoms with Crippen LogP contribution in [0.5, 0.6) is 11.5 Å². The Bertz CT molecular complexity index is 521. The molecule has 0 radical (unpaired) electrons. The van der Waals surface area contributed by atoms with Gasteiger partial charge in [-0.15, -0.1) is 0 Å². The molecule has 94 valence electrons. The molecule has 0 heterocycles. The molecule has 0 unspecified atom stereocenters. The van der Waals surface area contributed by atoms with Crippen LogP contribution in [-0.4, -0.2) is 5.11 Å². The van der Waals surface area contributed by atoms with Crippen molar-refractivity contribution >= 4 is 0 Å². The van der Waals surface area contributed by atoms with E-state index in [2.05, 4.69) is 6.92 Å². The van der Waals surface area contributed by atoms with E-state index in [1.807, 2.05) is 24.3 Å². The molecule has 0 aliphatic heterocycles. The Kier molecular flexibility index (Phi) is 3.95. The maximum absolute atomic E-state index is 13.2. The number of benzene rings is 2. The summed E-state index contributed by atoms with van der Waals surface area (Å²) in [5, 5.41) is 9.00. The minimum Gasteiger partial charge on any atom is -0.457 e. The zero-order valence-corrected chi connectivity index (χ0v) is 10.2. The van der Waals surface area contributed by atoms with E-state index in [4.69, 9.17) is 9.84 Å². The summed E-state index contributed by atoms with van der Waals surface area (Å²) in [5.74, 6) is 0.631.